The maximum Gasteiger partial charge on any atom is 0.411 e. The van der Waals surface area contributed by atoms with Gasteiger partial charge in [-0.05, 0) is 30.2 Å². The molecule has 142 valence electrons. The minimum Gasteiger partial charge on any atom is -0.453 e. The van der Waals surface area contributed by atoms with Gasteiger partial charge in [0.25, 0.3) is 0 Å². The van der Waals surface area contributed by atoms with E-state index in [1.807, 2.05) is 41.2 Å². The Morgan fingerprint density at radius 1 is 1.27 bits per heavy atom. The van der Waals surface area contributed by atoms with Crippen molar-refractivity contribution in [2.24, 2.45) is 4.99 Å². The summed E-state index contributed by atoms with van der Waals surface area (Å²) in [5.74, 6) is 0.747. The normalized spacial score (nSPS) is 10.6. The Hall–Kier alpha value is -2.30. The van der Waals surface area contributed by atoms with Crippen LogP contribution in [0.2, 0.25) is 0 Å². The van der Waals surface area contributed by atoms with Gasteiger partial charge in [0.05, 0.1) is 7.11 Å². The summed E-state index contributed by atoms with van der Waals surface area (Å²) < 4.78 is 6.46. The second kappa shape index (κ2) is 12.1. The number of anilines is 1. The van der Waals surface area contributed by atoms with Crippen molar-refractivity contribution in [1.29, 1.82) is 0 Å². The zero-order chi connectivity index (χ0) is 17.9. The molecule has 0 spiro atoms. The van der Waals surface area contributed by atoms with Crippen molar-refractivity contribution >= 4 is 41.7 Å². The standard InChI is InChI=1S/C17H24N6O2.HI/c1-18-16(19-9-3-11-23-12-4-10-21-23)20-13-14-5-7-15(8-6-14)22-17(24)25-2;/h4-8,10,12H,3,9,11,13H2,1-2H3,(H,22,24)(H2,18,19,20);1H. The van der Waals surface area contributed by atoms with Crippen LogP contribution in [0, 0.1) is 0 Å². The van der Waals surface area contributed by atoms with E-state index in [1.54, 1.807) is 13.2 Å². The van der Waals surface area contributed by atoms with Gasteiger partial charge in [-0.1, -0.05) is 12.1 Å². The van der Waals surface area contributed by atoms with E-state index in [-0.39, 0.29) is 24.0 Å². The van der Waals surface area contributed by atoms with E-state index in [4.69, 9.17) is 0 Å². The molecule has 1 aromatic carbocycles. The van der Waals surface area contributed by atoms with E-state index in [1.165, 1.54) is 7.11 Å². The monoisotopic (exact) mass is 472 g/mol. The van der Waals surface area contributed by atoms with Crippen molar-refractivity contribution < 1.29 is 9.53 Å². The van der Waals surface area contributed by atoms with Gasteiger partial charge in [0, 0.05) is 44.8 Å². The fourth-order valence-corrected chi connectivity index (χ4v) is 2.16. The van der Waals surface area contributed by atoms with Gasteiger partial charge in [0.1, 0.15) is 0 Å². The number of methoxy groups -OCH3 is 1. The average Bonchev–Trinajstić information content (AvgIpc) is 3.15. The Morgan fingerprint density at radius 3 is 2.65 bits per heavy atom. The molecule has 0 unspecified atom stereocenters. The van der Waals surface area contributed by atoms with E-state index < -0.39 is 6.09 Å². The lowest BCUT2D eigenvalue weighted by Gasteiger charge is -2.12. The number of guanidine groups is 1. The lowest BCUT2D eigenvalue weighted by molar-refractivity contribution is 0.187. The average molecular weight is 472 g/mol. The molecule has 1 heterocycles. The Labute approximate surface area is 170 Å². The molecule has 0 aliphatic heterocycles. The van der Waals surface area contributed by atoms with Crippen LogP contribution in [-0.2, 0) is 17.8 Å². The minimum absolute atomic E-state index is 0. The summed E-state index contributed by atoms with van der Waals surface area (Å²) in [6, 6.07) is 9.44. The maximum absolute atomic E-state index is 11.1. The number of carbonyl (C=O) groups excluding carboxylic acids is 1. The smallest absolute Gasteiger partial charge is 0.411 e. The van der Waals surface area contributed by atoms with Crippen LogP contribution in [0.4, 0.5) is 10.5 Å². The number of ether oxygens (including phenoxy) is 1. The number of carbonyl (C=O) groups is 1. The molecule has 0 bridgehead atoms. The van der Waals surface area contributed by atoms with Crippen molar-refractivity contribution in [3.63, 3.8) is 0 Å². The highest BCUT2D eigenvalue weighted by atomic mass is 127. The van der Waals surface area contributed by atoms with Gasteiger partial charge in [-0.2, -0.15) is 5.10 Å². The number of aromatic nitrogens is 2. The Kier molecular flexibility index (Phi) is 10.1. The van der Waals surface area contributed by atoms with Crippen molar-refractivity contribution in [3.8, 4) is 0 Å². The van der Waals surface area contributed by atoms with Crippen LogP contribution in [0.3, 0.4) is 0 Å². The molecule has 0 fully saturated rings. The molecule has 2 aromatic rings. The number of nitrogens with zero attached hydrogens (tertiary/aromatic N) is 3. The van der Waals surface area contributed by atoms with Gasteiger partial charge in [-0.25, -0.2) is 4.79 Å². The van der Waals surface area contributed by atoms with Crippen LogP contribution < -0.4 is 16.0 Å². The summed E-state index contributed by atoms with van der Waals surface area (Å²) in [4.78, 5) is 15.3. The number of amides is 1. The van der Waals surface area contributed by atoms with E-state index in [0.29, 0.717) is 12.2 Å². The highest BCUT2D eigenvalue weighted by Gasteiger charge is 2.02. The molecule has 9 heteroatoms. The number of nitrogens with one attached hydrogen (secondary N) is 3. The predicted molar refractivity (Wildman–Crippen MR) is 113 cm³/mol. The minimum atomic E-state index is -0.481. The summed E-state index contributed by atoms with van der Waals surface area (Å²) >= 11 is 0. The van der Waals surface area contributed by atoms with Crippen LogP contribution in [0.5, 0.6) is 0 Å². The lowest BCUT2D eigenvalue weighted by atomic mass is 10.2. The summed E-state index contributed by atoms with van der Waals surface area (Å²) in [7, 11) is 3.08. The number of benzene rings is 1. The third-order valence-corrected chi connectivity index (χ3v) is 3.48. The van der Waals surface area contributed by atoms with Crippen molar-refractivity contribution in [2.75, 3.05) is 26.0 Å². The van der Waals surface area contributed by atoms with Gasteiger partial charge in [0.2, 0.25) is 0 Å². The molecule has 0 saturated carbocycles. The van der Waals surface area contributed by atoms with Crippen molar-refractivity contribution in [2.45, 2.75) is 19.5 Å². The van der Waals surface area contributed by atoms with E-state index >= 15 is 0 Å². The number of hydrogen-bond acceptors (Lipinski definition) is 4. The molecular formula is C17H25IN6O2. The number of halogens is 1. The molecule has 8 nitrogen and oxygen atoms in total. The molecule has 0 aliphatic carbocycles. The summed E-state index contributed by atoms with van der Waals surface area (Å²) in [6.07, 6.45) is 4.20. The number of hydrogen-bond donors (Lipinski definition) is 3. The quantitative estimate of drug-likeness (QED) is 0.249. The van der Waals surface area contributed by atoms with E-state index in [0.717, 1.165) is 31.0 Å². The molecule has 0 atom stereocenters. The first-order valence-electron chi connectivity index (χ1n) is 8.07. The zero-order valence-corrected chi connectivity index (χ0v) is 17.3. The molecule has 3 N–H and O–H groups in total. The third-order valence-electron chi connectivity index (χ3n) is 3.48. The fraction of sp³-hybridized carbons (Fsp3) is 0.353. The first-order chi connectivity index (χ1) is 12.2. The first-order valence-corrected chi connectivity index (χ1v) is 8.07. The molecular weight excluding hydrogens is 447 g/mol. The van der Waals surface area contributed by atoms with Gasteiger partial charge < -0.3 is 15.4 Å². The largest absolute Gasteiger partial charge is 0.453 e. The number of aryl methyl sites for hydroxylation is 1. The van der Waals surface area contributed by atoms with Crippen molar-refractivity contribution in [1.82, 2.24) is 20.4 Å². The lowest BCUT2D eigenvalue weighted by Crippen LogP contribution is -2.37. The molecule has 0 radical (unpaired) electrons. The Morgan fingerprint density at radius 2 is 2.04 bits per heavy atom. The van der Waals surface area contributed by atoms with Gasteiger partial charge in [-0.15, -0.1) is 24.0 Å². The highest BCUT2D eigenvalue weighted by Crippen LogP contribution is 2.09. The van der Waals surface area contributed by atoms with E-state index in [2.05, 4.69) is 30.8 Å². The second-order valence-electron chi connectivity index (χ2n) is 5.29. The summed E-state index contributed by atoms with van der Waals surface area (Å²) in [5, 5.41) is 13.3. The topological polar surface area (TPSA) is 92.6 Å². The number of aliphatic imine (C=N–C) groups is 1. The molecule has 2 rings (SSSR count). The Balaban J connectivity index is 0.00000338. The molecule has 26 heavy (non-hydrogen) atoms. The molecule has 1 aromatic heterocycles. The predicted octanol–water partition coefficient (Wildman–Crippen LogP) is 2.43. The molecule has 0 saturated heterocycles. The van der Waals surface area contributed by atoms with Crippen LogP contribution in [0.25, 0.3) is 0 Å². The summed E-state index contributed by atoms with van der Waals surface area (Å²) in [6.45, 7) is 2.31. The van der Waals surface area contributed by atoms with Crippen LogP contribution in [-0.4, -0.2) is 42.5 Å². The highest BCUT2D eigenvalue weighted by molar-refractivity contribution is 14.0. The van der Waals surface area contributed by atoms with Crippen LogP contribution in [0.1, 0.15) is 12.0 Å². The maximum atomic E-state index is 11.1. The van der Waals surface area contributed by atoms with Gasteiger partial charge >= 0.3 is 6.09 Å². The number of rotatable bonds is 7. The Bertz CT molecular complexity index is 673. The van der Waals surface area contributed by atoms with Crippen molar-refractivity contribution in [3.05, 3.63) is 48.3 Å². The fourth-order valence-electron chi connectivity index (χ4n) is 2.16. The second-order valence-corrected chi connectivity index (χ2v) is 5.29. The van der Waals surface area contributed by atoms with E-state index in [9.17, 15) is 4.79 Å². The zero-order valence-electron chi connectivity index (χ0n) is 14.9. The molecule has 0 aliphatic rings. The summed E-state index contributed by atoms with van der Waals surface area (Å²) in [5.41, 5.74) is 1.77. The van der Waals surface area contributed by atoms with Crippen LogP contribution >= 0.6 is 24.0 Å². The van der Waals surface area contributed by atoms with Gasteiger partial charge in [0.15, 0.2) is 5.96 Å². The first kappa shape index (κ1) is 21.7. The SMILES string of the molecule is CN=C(NCCCn1cccn1)NCc1ccc(NC(=O)OC)cc1.I. The third kappa shape index (κ3) is 7.72. The van der Waals surface area contributed by atoms with Gasteiger partial charge in [-0.3, -0.25) is 15.0 Å². The molecule has 1 amide bonds. The van der Waals surface area contributed by atoms with Crippen LogP contribution in [0.15, 0.2) is 47.7 Å².